The monoisotopic (exact) mass is 237 g/mol. The van der Waals surface area contributed by atoms with Gasteiger partial charge < -0.3 is 10.5 Å². The molecule has 0 saturated carbocycles. The maximum Gasteiger partial charge on any atom is 0.153 e. The Kier molecular flexibility index (Phi) is 2.97. The molecule has 2 aromatic carbocycles. The number of nitrogens with two attached hydrogens (primary N) is 1. The molecule has 82 valence electrons. The molecule has 0 unspecified atom stereocenters. The Labute approximate surface area is 97.4 Å². The fraction of sp³-hybridized carbons (Fsp3) is 0. The molecule has 2 nitrogen and oxygen atoms in total. The second-order valence-electron chi connectivity index (χ2n) is 3.22. The number of nitrogen functional groups attached to an aromatic ring is 1. The molecule has 0 aliphatic rings. The van der Waals surface area contributed by atoms with E-state index >= 15 is 0 Å². The van der Waals surface area contributed by atoms with Gasteiger partial charge in [0, 0.05) is 6.07 Å². The van der Waals surface area contributed by atoms with E-state index in [0.717, 1.165) is 0 Å². The summed E-state index contributed by atoms with van der Waals surface area (Å²) < 4.78 is 18.6. The first-order valence-electron chi connectivity index (χ1n) is 4.64. The van der Waals surface area contributed by atoms with E-state index in [-0.39, 0.29) is 10.8 Å². The van der Waals surface area contributed by atoms with Crippen LogP contribution in [0.15, 0.2) is 42.5 Å². The second kappa shape index (κ2) is 4.41. The van der Waals surface area contributed by atoms with Crippen molar-refractivity contribution in [3.63, 3.8) is 0 Å². The van der Waals surface area contributed by atoms with E-state index in [2.05, 4.69) is 0 Å². The zero-order chi connectivity index (χ0) is 11.5. The number of benzene rings is 2. The summed E-state index contributed by atoms with van der Waals surface area (Å²) in [6.07, 6.45) is 0. The van der Waals surface area contributed by atoms with Gasteiger partial charge in [-0.05, 0) is 18.2 Å². The highest BCUT2D eigenvalue weighted by Gasteiger charge is 2.07. The number of para-hydroxylation sites is 1. The molecule has 0 heterocycles. The SMILES string of the molecule is Nc1cc(Cl)c(F)cc1Oc1ccccc1. The summed E-state index contributed by atoms with van der Waals surface area (Å²) in [5.74, 6) is 0.297. The first kappa shape index (κ1) is 10.8. The molecule has 0 aromatic heterocycles. The van der Waals surface area contributed by atoms with Gasteiger partial charge in [0.25, 0.3) is 0 Å². The van der Waals surface area contributed by atoms with E-state index in [0.29, 0.717) is 11.4 Å². The molecule has 0 spiro atoms. The standard InChI is InChI=1S/C12H9ClFNO/c13-9-6-11(15)12(7-10(9)14)16-8-4-2-1-3-5-8/h1-7H,15H2. The van der Waals surface area contributed by atoms with Gasteiger partial charge in [0.1, 0.15) is 11.6 Å². The van der Waals surface area contributed by atoms with Crippen LogP contribution < -0.4 is 10.5 Å². The number of anilines is 1. The van der Waals surface area contributed by atoms with Crippen molar-refractivity contribution in [1.29, 1.82) is 0 Å². The minimum absolute atomic E-state index is 0.0158. The van der Waals surface area contributed by atoms with Gasteiger partial charge in [0.15, 0.2) is 5.75 Å². The summed E-state index contributed by atoms with van der Waals surface area (Å²) in [6.45, 7) is 0. The van der Waals surface area contributed by atoms with E-state index in [1.807, 2.05) is 18.2 Å². The number of rotatable bonds is 2. The summed E-state index contributed by atoms with van der Waals surface area (Å²) in [7, 11) is 0. The van der Waals surface area contributed by atoms with Gasteiger partial charge in [-0.2, -0.15) is 0 Å². The Hall–Kier alpha value is -1.74. The van der Waals surface area contributed by atoms with Crippen LogP contribution in [0, 0.1) is 5.82 Å². The molecular weight excluding hydrogens is 229 g/mol. The second-order valence-corrected chi connectivity index (χ2v) is 3.63. The van der Waals surface area contributed by atoms with Crippen LogP contribution in [0.5, 0.6) is 11.5 Å². The predicted molar refractivity (Wildman–Crippen MR) is 62.3 cm³/mol. The van der Waals surface area contributed by atoms with Crippen molar-refractivity contribution in [2.24, 2.45) is 0 Å². The van der Waals surface area contributed by atoms with Crippen molar-refractivity contribution in [1.82, 2.24) is 0 Å². The van der Waals surface area contributed by atoms with Crippen LogP contribution in [0.25, 0.3) is 0 Å². The lowest BCUT2D eigenvalue weighted by molar-refractivity contribution is 0.479. The summed E-state index contributed by atoms with van der Waals surface area (Å²) in [5, 5.41) is -0.0158. The number of halogens is 2. The topological polar surface area (TPSA) is 35.2 Å². The van der Waals surface area contributed by atoms with Gasteiger partial charge >= 0.3 is 0 Å². The molecule has 0 aliphatic carbocycles. The van der Waals surface area contributed by atoms with Gasteiger partial charge in [-0.1, -0.05) is 29.8 Å². The van der Waals surface area contributed by atoms with E-state index in [1.165, 1.54) is 12.1 Å². The first-order valence-corrected chi connectivity index (χ1v) is 5.02. The average Bonchev–Trinajstić information content (AvgIpc) is 2.27. The highest BCUT2D eigenvalue weighted by Crippen LogP contribution is 2.31. The zero-order valence-electron chi connectivity index (χ0n) is 8.28. The Bertz CT molecular complexity index is 502. The van der Waals surface area contributed by atoms with Crippen LogP contribution in [0.2, 0.25) is 5.02 Å². The fourth-order valence-electron chi connectivity index (χ4n) is 1.25. The smallest absolute Gasteiger partial charge is 0.153 e. The maximum absolute atomic E-state index is 13.2. The molecule has 0 atom stereocenters. The van der Waals surface area contributed by atoms with Crippen LogP contribution in [0.3, 0.4) is 0 Å². The lowest BCUT2D eigenvalue weighted by Gasteiger charge is -2.08. The van der Waals surface area contributed by atoms with E-state index in [1.54, 1.807) is 12.1 Å². The Balaban J connectivity index is 2.32. The minimum Gasteiger partial charge on any atom is -0.455 e. The number of hydrogen-bond donors (Lipinski definition) is 1. The van der Waals surface area contributed by atoms with Gasteiger partial charge in [-0.15, -0.1) is 0 Å². The van der Waals surface area contributed by atoms with E-state index in [4.69, 9.17) is 22.1 Å². The van der Waals surface area contributed by atoms with Crippen molar-refractivity contribution < 1.29 is 9.13 Å². The zero-order valence-corrected chi connectivity index (χ0v) is 9.04. The summed E-state index contributed by atoms with van der Waals surface area (Å²) >= 11 is 5.58. The van der Waals surface area contributed by atoms with Gasteiger partial charge in [0.05, 0.1) is 10.7 Å². The van der Waals surface area contributed by atoms with Gasteiger partial charge in [-0.3, -0.25) is 0 Å². The molecule has 2 N–H and O–H groups in total. The summed E-state index contributed by atoms with van der Waals surface area (Å²) in [4.78, 5) is 0. The molecule has 2 aromatic rings. The Morgan fingerprint density at radius 1 is 1.12 bits per heavy atom. The molecule has 4 heteroatoms. The third-order valence-corrected chi connectivity index (χ3v) is 2.31. The van der Waals surface area contributed by atoms with E-state index < -0.39 is 5.82 Å². The molecule has 0 fully saturated rings. The summed E-state index contributed by atoms with van der Waals surface area (Å²) in [6, 6.07) is 11.5. The molecule has 2 rings (SSSR count). The lowest BCUT2D eigenvalue weighted by Crippen LogP contribution is -1.93. The lowest BCUT2D eigenvalue weighted by atomic mass is 10.3. The molecule has 0 saturated heterocycles. The van der Waals surface area contributed by atoms with Crippen LogP contribution in [-0.4, -0.2) is 0 Å². The average molecular weight is 238 g/mol. The molecular formula is C12H9ClFNO. The molecule has 0 radical (unpaired) electrons. The normalized spacial score (nSPS) is 10.1. The molecule has 0 aliphatic heterocycles. The Morgan fingerprint density at radius 2 is 1.81 bits per heavy atom. The third-order valence-electron chi connectivity index (χ3n) is 2.02. The van der Waals surface area contributed by atoms with E-state index in [9.17, 15) is 4.39 Å². The van der Waals surface area contributed by atoms with Crippen molar-refractivity contribution >= 4 is 17.3 Å². The Morgan fingerprint density at radius 3 is 2.50 bits per heavy atom. The minimum atomic E-state index is -0.554. The first-order chi connectivity index (χ1) is 7.66. The molecule has 0 bridgehead atoms. The molecule has 16 heavy (non-hydrogen) atoms. The highest BCUT2D eigenvalue weighted by molar-refractivity contribution is 6.31. The van der Waals surface area contributed by atoms with Crippen molar-refractivity contribution in [2.75, 3.05) is 5.73 Å². The van der Waals surface area contributed by atoms with Crippen LogP contribution in [-0.2, 0) is 0 Å². The largest absolute Gasteiger partial charge is 0.455 e. The highest BCUT2D eigenvalue weighted by atomic mass is 35.5. The van der Waals surface area contributed by atoms with Gasteiger partial charge in [-0.25, -0.2) is 4.39 Å². The maximum atomic E-state index is 13.2. The third kappa shape index (κ3) is 2.25. The van der Waals surface area contributed by atoms with Crippen molar-refractivity contribution in [2.45, 2.75) is 0 Å². The number of hydrogen-bond acceptors (Lipinski definition) is 2. The van der Waals surface area contributed by atoms with Gasteiger partial charge in [0.2, 0.25) is 0 Å². The number of ether oxygens (including phenoxy) is 1. The fourth-order valence-corrected chi connectivity index (χ4v) is 1.42. The van der Waals surface area contributed by atoms with Crippen LogP contribution in [0.4, 0.5) is 10.1 Å². The quantitative estimate of drug-likeness (QED) is 0.805. The van der Waals surface area contributed by atoms with Crippen LogP contribution in [0.1, 0.15) is 0 Å². The molecule has 0 amide bonds. The predicted octanol–water partition coefficient (Wildman–Crippen LogP) is 3.85. The van der Waals surface area contributed by atoms with Crippen molar-refractivity contribution in [3.05, 3.63) is 53.3 Å². The van der Waals surface area contributed by atoms with Crippen LogP contribution >= 0.6 is 11.6 Å². The summed E-state index contributed by atoms with van der Waals surface area (Å²) in [5.41, 5.74) is 5.96. The van der Waals surface area contributed by atoms with Crippen molar-refractivity contribution in [3.8, 4) is 11.5 Å².